The van der Waals surface area contributed by atoms with Gasteiger partial charge in [-0.3, -0.25) is 10.1 Å². The molecule has 0 saturated carbocycles. The Morgan fingerprint density at radius 2 is 1.88 bits per heavy atom. The van der Waals surface area contributed by atoms with Crippen LogP contribution in [0.1, 0.15) is 11.1 Å². The summed E-state index contributed by atoms with van der Waals surface area (Å²) in [6, 6.07) is 5.84. The summed E-state index contributed by atoms with van der Waals surface area (Å²) in [6.07, 6.45) is -5.14. The van der Waals surface area contributed by atoms with E-state index in [1.165, 1.54) is 6.07 Å². The van der Waals surface area contributed by atoms with Crippen LogP contribution in [-0.2, 0) is 16.9 Å². The second-order valence-corrected chi connectivity index (χ2v) is 8.22. The number of ether oxygens (including phenoxy) is 1. The van der Waals surface area contributed by atoms with Crippen LogP contribution in [0.4, 0.5) is 18.9 Å². The molecule has 0 heterocycles. The second kappa shape index (κ2) is 7.26. The number of alkyl halides is 3. The molecule has 0 bridgehead atoms. The molecule has 0 aliphatic carbocycles. The van der Waals surface area contributed by atoms with Gasteiger partial charge in [-0.05, 0) is 37.0 Å². The summed E-state index contributed by atoms with van der Waals surface area (Å²) in [5.41, 5.74) is -1.47. The van der Waals surface area contributed by atoms with Gasteiger partial charge in [0.2, 0.25) is 0 Å². The number of halogens is 4. The third kappa shape index (κ3) is 5.20. The molecule has 0 saturated heterocycles. The fourth-order valence-electron chi connectivity index (χ4n) is 2.13. The van der Waals surface area contributed by atoms with Crippen molar-refractivity contribution in [2.45, 2.75) is 12.3 Å². The summed E-state index contributed by atoms with van der Waals surface area (Å²) in [5.74, 6) is -0.109. The van der Waals surface area contributed by atoms with Gasteiger partial charge < -0.3 is 14.2 Å². The number of hydrogen-bond acceptors (Lipinski definition) is 5. The minimum atomic E-state index is -4.57. The minimum Gasteiger partial charge on any atom is -0.799 e. The summed E-state index contributed by atoms with van der Waals surface area (Å²) < 4.78 is 54.7. The van der Waals surface area contributed by atoms with Crippen LogP contribution in [0.25, 0.3) is 0 Å². The first-order valence-corrected chi connectivity index (χ1v) is 9.60. The van der Waals surface area contributed by atoms with Crippen LogP contribution in [0.3, 0.4) is 0 Å². The fourth-order valence-corrected chi connectivity index (χ4v) is 3.22. The molecule has 0 spiro atoms. The highest BCUT2D eigenvalue weighted by Crippen LogP contribution is 2.41. The Morgan fingerprint density at radius 3 is 2.38 bits per heavy atom. The van der Waals surface area contributed by atoms with Crippen LogP contribution in [0.5, 0.6) is 11.5 Å². The van der Waals surface area contributed by atoms with Crippen molar-refractivity contribution in [2.75, 3.05) is 6.66 Å². The van der Waals surface area contributed by atoms with Crippen LogP contribution >= 0.6 is 19.0 Å². The average molecular weight is 409 g/mol. The number of rotatable bonds is 5. The molecule has 2 rings (SSSR count). The zero-order chi connectivity index (χ0) is 19.7. The van der Waals surface area contributed by atoms with Gasteiger partial charge in [0.1, 0.15) is 11.5 Å². The molecule has 11 heteroatoms. The molecule has 6 nitrogen and oxygen atoms in total. The van der Waals surface area contributed by atoms with Gasteiger partial charge in [-0.15, -0.1) is 0 Å². The van der Waals surface area contributed by atoms with Crippen molar-refractivity contribution in [3.63, 3.8) is 0 Å². The summed E-state index contributed by atoms with van der Waals surface area (Å²) in [6.45, 7) is 0.941. The molecule has 0 fully saturated rings. The molecular formula is C15H11ClF3NO5P-. The maximum Gasteiger partial charge on any atom is 0.416 e. The van der Waals surface area contributed by atoms with Crippen LogP contribution in [-0.4, -0.2) is 11.6 Å². The molecule has 0 radical (unpaired) electrons. The molecule has 1 atom stereocenters. The lowest BCUT2D eigenvalue weighted by molar-refractivity contribution is -0.385. The second-order valence-electron chi connectivity index (χ2n) is 5.46. The zero-order valence-corrected chi connectivity index (χ0v) is 14.8. The SMILES string of the molecule is CP(=O)([O-])Cc1cc(Oc2ccc(C(F)(F)F)cc2Cl)ccc1[N+](=O)[O-]. The molecular weight excluding hydrogens is 398 g/mol. The Balaban J connectivity index is 2.37. The molecule has 2 aromatic carbocycles. The summed E-state index contributed by atoms with van der Waals surface area (Å²) in [5, 5.41) is 10.7. The predicted molar refractivity (Wildman–Crippen MR) is 86.9 cm³/mol. The van der Waals surface area contributed by atoms with Crippen molar-refractivity contribution in [2.24, 2.45) is 0 Å². The first-order valence-electron chi connectivity index (χ1n) is 6.96. The molecule has 0 aromatic heterocycles. The Kier molecular flexibility index (Phi) is 5.65. The minimum absolute atomic E-state index is 0.000656. The predicted octanol–water partition coefficient (Wildman–Crippen LogP) is 4.83. The number of nitro groups is 1. The van der Waals surface area contributed by atoms with Crippen molar-refractivity contribution < 1.29 is 32.3 Å². The van der Waals surface area contributed by atoms with E-state index in [1.54, 1.807) is 0 Å². The van der Waals surface area contributed by atoms with E-state index >= 15 is 0 Å². The molecule has 0 N–H and O–H groups in total. The van der Waals surface area contributed by atoms with E-state index in [-0.39, 0.29) is 22.1 Å². The van der Waals surface area contributed by atoms with E-state index in [4.69, 9.17) is 16.3 Å². The van der Waals surface area contributed by atoms with E-state index in [1.807, 2.05) is 0 Å². The standard InChI is InChI=1S/C15H12ClF3NO5P/c1-26(23,24)8-9-6-11(3-4-13(9)20(21)22)25-14-5-2-10(7-12(14)16)15(17,18)19/h2-7H,8H2,1H3,(H,23,24)/p-1. The highest BCUT2D eigenvalue weighted by Gasteiger charge is 2.31. The molecule has 0 aliphatic heterocycles. The maximum absolute atomic E-state index is 12.6. The third-order valence-corrected chi connectivity index (χ3v) is 4.40. The highest BCUT2D eigenvalue weighted by molar-refractivity contribution is 7.54. The van der Waals surface area contributed by atoms with E-state index in [0.29, 0.717) is 6.07 Å². The van der Waals surface area contributed by atoms with Gasteiger partial charge in [-0.25, -0.2) is 0 Å². The van der Waals surface area contributed by atoms with Crippen molar-refractivity contribution in [1.29, 1.82) is 0 Å². The van der Waals surface area contributed by atoms with Gasteiger partial charge in [0.15, 0.2) is 0 Å². The maximum atomic E-state index is 12.6. The molecule has 140 valence electrons. The van der Waals surface area contributed by atoms with E-state index in [0.717, 1.165) is 30.9 Å². The summed E-state index contributed by atoms with van der Waals surface area (Å²) in [7, 11) is -3.85. The molecule has 2 aromatic rings. The van der Waals surface area contributed by atoms with Gasteiger partial charge in [0, 0.05) is 25.2 Å². The van der Waals surface area contributed by atoms with Crippen LogP contribution in [0, 0.1) is 10.1 Å². The van der Waals surface area contributed by atoms with E-state index in [2.05, 4.69) is 0 Å². The first kappa shape index (κ1) is 20.2. The van der Waals surface area contributed by atoms with Gasteiger partial charge >= 0.3 is 6.18 Å². The summed E-state index contributed by atoms with van der Waals surface area (Å²) >= 11 is 5.79. The van der Waals surface area contributed by atoms with Crippen LogP contribution < -0.4 is 9.63 Å². The van der Waals surface area contributed by atoms with Gasteiger partial charge in [-0.2, -0.15) is 13.2 Å². The molecule has 0 aliphatic rings. The van der Waals surface area contributed by atoms with Crippen molar-refractivity contribution in [3.05, 3.63) is 62.7 Å². The Bertz CT molecular complexity index is 897. The normalized spacial score (nSPS) is 13.9. The number of nitrogens with zero attached hydrogens (tertiary/aromatic N) is 1. The van der Waals surface area contributed by atoms with Crippen molar-refractivity contribution >= 4 is 24.7 Å². The average Bonchev–Trinajstić information content (AvgIpc) is 2.46. The Morgan fingerprint density at radius 1 is 1.23 bits per heavy atom. The largest absolute Gasteiger partial charge is 0.799 e. The highest BCUT2D eigenvalue weighted by atomic mass is 35.5. The van der Waals surface area contributed by atoms with Gasteiger partial charge in [0.05, 0.1) is 15.5 Å². The molecule has 26 heavy (non-hydrogen) atoms. The zero-order valence-electron chi connectivity index (χ0n) is 13.1. The van der Waals surface area contributed by atoms with Crippen molar-refractivity contribution in [1.82, 2.24) is 0 Å². The van der Waals surface area contributed by atoms with E-state index in [9.17, 15) is 32.7 Å². The number of nitro benzene ring substituents is 1. The van der Waals surface area contributed by atoms with Gasteiger partial charge in [0.25, 0.3) is 5.69 Å². The topological polar surface area (TPSA) is 92.5 Å². The Labute approximate surface area is 150 Å². The van der Waals surface area contributed by atoms with Crippen molar-refractivity contribution in [3.8, 4) is 11.5 Å². The lowest BCUT2D eigenvalue weighted by Crippen LogP contribution is -2.05. The van der Waals surface area contributed by atoms with Crippen LogP contribution in [0.15, 0.2) is 36.4 Å². The van der Waals surface area contributed by atoms with Gasteiger partial charge in [-0.1, -0.05) is 11.6 Å². The molecule has 1 unspecified atom stereocenters. The number of benzene rings is 2. The smallest absolute Gasteiger partial charge is 0.416 e. The summed E-state index contributed by atoms with van der Waals surface area (Å²) in [4.78, 5) is 21.7. The lowest BCUT2D eigenvalue weighted by atomic mass is 10.2. The lowest BCUT2D eigenvalue weighted by Gasteiger charge is -2.18. The third-order valence-electron chi connectivity index (χ3n) is 3.19. The first-order chi connectivity index (χ1) is 11.9. The monoisotopic (exact) mass is 408 g/mol. The van der Waals surface area contributed by atoms with Crippen LogP contribution in [0.2, 0.25) is 5.02 Å². The fraction of sp³-hybridized carbons (Fsp3) is 0.200. The Hall–Kier alpha value is -2.09. The van der Waals surface area contributed by atoms with E-state index < -0.39 is 35.9 Å². The quantitative estimate of drug-likeness (QED) is 0.401. The number of hydrogen-bond donors (Lipinski definition) is 0. The molecule has 0 amide bonds.